The molecule has 6 rings (SSSR count). The van der Waals surface area contributed by atoms with Crippen LogP contribution in [-0.2, 0) is 30.6 Å². The molecule has 1 saturated carbocycles. The van der Waals surface area contributed by atoms with Crippen molar-refractivity contribution in [2.45, 2.75) is 77.4 Å². The van der Waals surface area contributed by atoms with Crippen LogP contribution in [0.15, 0.2) is 24.3 Å². The van der Waals surface area contributed by atoms with Crippen molar-refractivity contribution in [3.63, 3.8) is 0 Å². The Hall–Kier alpha value is -3.82. The Kier molecular flexibility index (Phi) is 7.02. The van der Waals surface area contributed by atoms with Gasteiger partial charge in [-0.05, 0) is 56.7 Å². The number of imidazole rings is 1. The maximum atomic E-state index is 15.4. The predicted molar refractivity (Wildman–Crippen MR) is 143 cm³/mol. The molecule has 210 valence electrons. The fourth-order valence-corrected chi connectivity index (χ4v) is 5.72. The number of rotatable bonds is 7. The van der Waals surface area contributed by atoms with Crippen molar-refractivity contribution >= 4 is 11.8 Å². The summed E-state index contributed by atoms with van der Waals surface area (Å²) >= 11 is 0. The highest BCUT2D eigenvalue weighted by Gasteiger charge is 2.39. The van der Waals surface area contributed by atoms with Crippen molar-refractivity contribution < 1.29 is 23.1 Å². The van der Waals surface area contributed by atoms with Gasteiger partial charge in [0.05, 0.1) is 17.1 Å². The minimum absolute atomic E-state index is 0.118. The van der Waals surface area contributed by atoms with E-state index >= 15 is 4.39 Å². The standard InChI is InChI=1S/C30H33F2N5O3/c1-3-20-23(12-11-22(34-20)30(39)33-18-8-9-18)40-16-25(38)37-15-13-21-29(36-14-5-4-6-24(36)35-21)28(37)19-10-7-17(2)26(31)27(19)32/h7,10-12,18,28H,3-6,8-9,13-16H2,1-2H3,(H,33,39). The monoisotopic (exact) mass is 549 g/mol. The van der Waals surface area contributed by atoms with Crippen LogP contribution in [0.25, 0.3) is 0 Å². The molecule has 1 unspecified atom stereocenters. The van der Waals surface area contributed by atoms with Gasteiger partial charge in [0.1, 0.15) is 23.3 Å². The highest BCUT2D eigenvalue weighted by Crippen LogP contribution is 2.39. The van der Waals surface area contributed by atoms with Gasteiger partial charge in [0, 0.05) is 37.5 Å². The van der Waals surface area contributed by atoms with Gasteiger partial charge >= 0.3 is 0 Å². The highest BCUT2D eigenvalue weighted by molar-refractivity contribution is 5.92. The van der Waals surface area contributed by atoms with E-state index in [1.807, 2.05) is 6.92 Å². The Bertz CT molecular complexity index is 1480. The number of carbonyl (C=O) groups excluding carboxylic acids is 2. The second kappa shape index (κ2) is 10.6. The van der Waals surface area contributed by atoms with E-state index in [0.717, 1.165) is 55.9 Å². The first kappa shape index (κ1) is 26.4. The lowest BCUT2D eigenvalue weighted by atomic mass is 9.93. The van der Waals surface area contributed by atoms with Crippen molar-refractivity contribution in [1.82, 2.24) is 24.8 Å². The predicted octanol–water partition coefficient (Wildman–Crippen LogP) is 4.21. The normalized spacial score (nSPS) is 18.2. The summed E-state index contributed by atoms with van der Waals surface area (Å²) in [6.45, 7) is 4.16. The quantitative estimate of drug-likeness (QED) is 0.477. The van der Waals surface area contributed by atoms with Gasteiger partial charge < -0.3 is 19.5 Å². The molecule has 1 aromatic carbocycles. The van der Waals surface area contributed by atoms with Gasteiger partial charge in [-0.1, -0.05) is 19.1 Å². The molecule has 0 bridgehead atoms. The minimum atomic E-state index is -0.944. The molecular weight excluding hydrogens is 516 g/mol. The van der Waals surface area contributed by atoms with Crippen LogP contribution in [0.5, 0.6) is 5.75 Å². The van der Waals surface area contributed by atoms with E-state index < -0.39 is 17.7 Å². The molecule has 10 heteroatoms. The van der Waals surface area contributed by atoms with Gasteiger partial charge in [-0.3, -0.25) is 9.59 Å². The van der Waals surface area contributed by atoms with Gasteiger partial charge in [0.15, 0.2) is 18.2 Å². The number of fused-ring (bicyclic) bond motifs is 3. The Morgan fingerprint density at radius 2 is 1.88 bits per heavy atom. The molecule has 0 spiro atoms. The number of nitrogens with zero attached hydrogens (tertiary/aromatic N) is 4. The maximum absolute atomic E-state index is 15.4. The third kappa shape index (κ3) is 4.84. The van der Waals surface area contributed by atoms with Gasteiger partial charge in [0.25, 0.3) is 11.8 Å². The summed E-state index contributed by atoms with van der Waals surface area (Å²) in [6.07, 6.45) is 5.82. The van der Waals surface area contributed by atoms with Gasteiger partial charge in [-0.25, -0.2) is 18.7 Å². The summed E-state index contributed by atoms with van der Waals surface area (Å²) in [5.41, 5.74) is 2.82. The minimum Gasteiger partial charge on any atom is -0.482 e. The molecule has 0 saturated heterocycles. The fraction of sp³-hybridized carbons (Fsp3) is 0.467. The van der Waals surface area contributed by atoms with E-state index in [2.05, 4.69) is 14.9 Å². The molecule has 0 radical (unpaired) electrons. The lowest BCUT2D eigenvalue weighted by molar-refractivity contribution is -0.135. The molecule has 4 heterocycles. The lowest BCUT2D eigenvalue weighted by Crippen LogP contribution is -2.44. The largest absolute Gasteiger partial charge is 0.482 e. The SMILES string of the molecule is CCc1nc(C(=O)NC2CC2)ccc1OCC(=O)N1CCc2nc3n(c2C1c1ccc(C)c(F)c1F)CCCC3. The van der Waals surface area contributed by atoms with Crippen LogP contribution in [0, 0.1) is 18.6 Å². The van der Waals surface area contributed by atoms with Gasteiger partial charge in [-0.15, -0.1) is 0 Å². The van der Waals surface area contributed by atoms with Crippen molar-refractivity contribution in [2.75, 3.05) is 13.2 Å². The van der Waals surface area contributed by atoms with Crippen molar-refractivity contribution in [2.24, 2.45) is 0 Å². The van der Waals surface area contributed by atoms with Crippen LogP contribution in [0.1, 0.15) is 83.2 Å². The number of hydrogen-bond acceptors (Lipinski definition) is 5. The summed E-state index contributed by atoms with van der Waals surface area (Å²) in [5, 5.41) is 2.93. The van der Waals surface area contributed by atoms with Crippen LogP contribution in [0.4, 0.5) is 8.78 Å². The number of ether oxygens (including phenoxy) is 1. The number of benzene rings is 1. The van der Waals surface area contributed by atoms with Crippen LogP contribution >= 0.6 is 0 Å². The average molecular weight is 550 g/mol. The Morgan fingerprint density at radius 3 is 2.65 bits per heavy atom. The topological polar surface area (TPSA) is 89.3 Å². The smallest absolute Gasteiger partial charge is 0.270 e. The van der Waals surface area contributed by atoms with Crippen molar-refractivity contribution in [3.8, 4) is 5.75 Å². The first-order valence-corrected chi connectivity index (χ1v) is 14.1. The lowest BCUT2D eigenvalue weighted by Gasteiger charge is -2.37. The third-order valence-corrected chi connectivity index (χ3v) is 8.04. The van der Waals surface area contributed by atoms with Crippen molar-refractivity contribution in [1.29, 1.82) is 0 Å². The zero-order valence-electron chi connectivity index (χ0n) is 22.8. The molecular formula is C30H33F2N5O3. The molecule has 3 aromatic rings. The van der Waals surface area contributed by atoms with E-state index in [9.17, 15) is 14.0 Å². The Morgan fingerprint density at radius 1 is 1.05 bits per heavy atom. The zero-order chi connectivity index (χ0) is 28.0. The molecule has 3 aliphatic rings. The Labute approximate surface area is 231 Å². The molecule has 1 N–H and O–H groups in total. The Balaban J connectivity index is 1.28. The van der Waals surface area contributed by atoms with E-state index in [0.29, 0.717) is 36.5 Å². The van der Waals surface area contributed by atoms with Crippen LogP contribution in [-0.4, -0.2) is 50.4 Å². The molecule has 1 fully saturated rings. The molecule has 1 aliphatic carbocycles. The van der Waals surface area contributed by atoms with Crippen LogP contribution in [0.2, 0.25) is 0 Å². The number of amides is 2. The zero-order valence-corrected chi connectivity index (χ0v) is 22.8. The van der Waals surface area contributed by atoms with Gasteiger partial charge in [0.2, 0.25) is 0 Å². The molecule has 2 aromatic heterocycles. The van der Waals surface area contributed by atoms with E-state index in [4.69, 9.17) is 9.72 Å². The number of pyridine rings is 1. The summed E-state index contributed by atoms with van der Waals surface area (Å²) in [5.74, 6) is -1.06. The number of hydrogen-bond donors (Lipinski definition) is 1. The maximum Gasteiger partial charge on any atom is 0.270 e. The number of aromatic nitrogens is 3. The second-order valence-corrected chi connectivity index (χ2v) is 10.8. The summed E-state index contributed by atoms with van der Waals surface area (Å²) < 4.78 is 38.2. The molecule has 8 nitrogen and oxygen atoms in total. The summed E-state index contributed by atoms with van der Waals surface area (Å²) in [4.78, 5) is 37.0. The molecule has 2 aliphatic heterocycles. The van der Waals surface area contributed by atoms with Gasteiger partial charge in [-0.2, -0.15) is 0 Å². The molecule has 2 amide bonds. The number of aryl methyl sites for hydroxylation is 3. The summed E-state index contributed by atoms with van der Waals surface area (Å²) in [7, 11) is 0. The first-order valence-electron chi connectivity index (χ1n) is 14.1. The second-order valence-electron chi connectivity index (χ2n) is 10.8. The van der Waals surface area contributed by atoms with E-state index in [-0.39, 0.29) is 35.6 Å². The van der Waals surface area contributed by atoms with Crippen molar-refractivity contribution in [3.05, 3.63) is 75.6 Å². The van der Waals surface area contributed by atoms with E-state index in [1.54, 1.807) is 29.2 Å². The molecule has 1 atom stereocenters. The molecule has 40 heavy (non-hydrogen) atoms. The number of halogens is 2. The fourth-order valence-electron chi connectivity index (χ4n) is 5.72. The van der Waals surface area contributed by atoms with E-state index in [1.165, 1.54) is 6.92 Å². The van der Waals surface area contributed by atoms with Crippen LogP contribution < -0.4 is 10.1 Å². The number of carbonyl (C=O) groups is 2. The number of nitrogens with one attached hydrogen (secondary N) is 1. The average Bonchev–Trinajstić information content (AvgIpc) is 3.70. The van der Waals surface area contributed by atoms with Crippen LogP contribution in [0.3, 0.4) is 0 Å². The first-order chi connectivity index (χ1) is 19.4. The highest BCUT2D eigenvalue weighted by atomic mass is 19.2. The third-order valence-electron chi connectivity index (χ3n) is 8.04. The summed E-state index contributed by atoms with van der Waals surface area (Å²) in [6, 6.07) is 5.78.